The molecule has 0 saturated heterocycles. The molecule has 0 bridgehead atoms. The Kier molecular flexibility index (Phi) is 4.87. The molecule has 1 aliphatic heterocycles. The first kappa shape index (κ1) is 16.9. The van der Waals surface area contributed by atoms with Crippen LogP contribution in [0.15, 0.2) is 30.3 Å². The van der Waals surface area contributed by atoms with Gasteiger partial charge in [-0.1, -0.05) is 17.7 Å². The average molecular weight is 367 g/mol. The fourth-order valence-electron chi connectivity index (χ4n) is 2.85. The summed E-state index contributed by atoms with van der Waals surface area (Å²) >= 11 is 7.37. The number of hydrogen-bond donors (Lipinski definition) is 1. The molecule has 126 valence electrons. The summed E-state index contributed by atoms with van der Waals surface area (Å²) < 4.78 is 14.1. The molecule has 0 aliphatic carbocycles. The Morgan fingerprint density at radius 3 is 2.88 bits per heavy atom. The van der Waals surface area contributed by atoms with E-state index in [1.807, 2.05) is 13.0 Å². The average Bonchev–Trinajstić information content (AvgIpc) is 2.95. The van der Waals surface area contributed by atoms with Crippen molar-refractivity contribution in [2.75, 3.05) is 11.9 Å². The van der Waals surface area contributed by atoms with E-state index in [9.17, 15) is 14.0 Å². The monoisotopic (exact) mass is 366 g/mol. The smallest absolute Gasteiger partial charge is 0.231 e. The molecule has 24 heavy (non-hydrogen) atoms. The number of benzene rings is 1. The zero-order chi connectivity index (χ0) is 17.3. The van der Waals surface area contributed by atoms with E-state index in [1.54, 1.807) is 17.0 Å². The van der Waals surface area contributed by atoms with Crippen LogP contribution in [0.2, 0.25) is 4.34 Å². The van der Waals surface area contributed by atoms with Crippen LogP contribution in [0.5, 0.6) is 0 Å². The van der Waals surface area contributed by atoms with Crippen molar-refractivity contribution in [3.8, 4) is 0 Å². The van der Waals surface area contributed by atoms with E-state index in [2.05, 4.69) is 5.32 Å². The zero-order valence-corrected chi connectivity index (χ0v) is 14.6. The first-order valence-electron chi connectivity index (χ1n) is 7.60. The number of nitrogens with zero attached hydrogens (tertiary/aromatic N) is 1. The van der Waals surface area contributed by atoms with Crippen molar-refractivity contribution in [2.24, 2.45) is 0 Å². The van der Waals surface area contributed by atoms with Gasteiger partial charge in [0.1, 0.15) is 5.82 Å². The number of anilines is 1. The van der Waals surface area contributed by atoms with Gasteiger partial charge in [0, 0.05) is 23.5 Å². The summed E-state index contributed by atoms with van der Waals surface area (Å²) in [4.78, 5) is 27.5. The van der Waals surface area contributed by atoms with E-state index in [-0.39, 0.29) is 18.2 Å². The molecular weight excluding hydrogens is 351 g/mol. The van der Waals surface area contributed by atoms with E-state index < -0.39 is 11.7 Å². The zero-order valence-electron chi connectivity index (χ0n) is 13.0. The summed E-state index contributed by atoms with van der Waals surface area (Å²) in [7, 11) is 0. The topological polar surface area (TPSA) is 49.4 Å². The van der Waals surface area contributed by atoms with Crippen molar-refractivity contribution in [1.29, 1.82) is 0 Å². The second-order valence-corrected chi connectivity index (χ2v) is 7.39. The standard InChI is InChI=1S/C17H16ClFN2O2S/c1-2-21(9-11-4-6-15(18)24-11)17(23)13-8-16(22)20-14-7-10(19)3-5-12(13)14/h3-7,13H,2,8-9H2,1H3,(H,20,22). The SMILES string of the molecule is CCN(Cc1ccc(Cl)s1)C(=O)C1CC(=O)Nc2cc(F)ccc21. The summed E-state index contributed by atoms with van der Waals surface area (Å²) in [5.41, 5.74) is 1.03. The van der Waals surface area contributed by atoms with Crippen LogP contribution >= 0.6 is 22.9 Å². The van der Waals surface area contributed by atoms with Gasteiger partial charge in [0.25, 0.3) is 0 Å². The lowest BCUT2D eigenvalue weighted by Crippen LogP contribution is -2.38. The fraction of sp³-hybridized carbons (Fsp3) is 0.294. The molecule has 2 amide bonds. The van der Waals surface area contributed by atoms with Gasteiger partial charge in [-0.25, -0.2) is 4.39 Å². The van der Waals surface area contributed by atoms with E-state index in [0.29, 0.717) is 28.7 Å². The van der Waals surface area contributed by atoms with Crippen LogP contribution in [0.3, 0.4) is 0 Å². The third-order valence-electron chi connectivity index (χ3n) is 4.02. The molecule has 2 aromatic rings. The molecule has 2 heterocycles. The maximum absolute atomic E-state index is 13.4. The maximum Gasteiger partial charge on any atom is 0.231 e. The van der Waals surface area contributed by atoms with Gasteiger partial charge in [-0.15, -0.1) is 11.3 Å². The molecule has 1 atom stereocenters. The molecule has 0 fully saturated rings. The Bertz CT molecular complexity index is 793. The molecule has 1 aliphatic rings. The third-order valence-corrected chi connectivity index (χ3v) is 5.24. The van der Waals surface area contributed by atoms with Crippen molar-refractivity contribution in [3.63, 3.8) is 0 Å². The van der Waals surface area contributed by atoms with Gasteiger partial charge < -0.3 is 10.2 Å². The Labute approximate surface area is 148 Å². The summed E-state index contributed by atoms with van der Waals surface area (Å²) in [6.07, 6.45) is 0.0686. The molecule has 0 saturated carbocycles. The second kappa shape index (κ2) is 6.91. The summed E-state index contributed by atoms with van der Waals surface area (Å²) in [5.74, 6) is -1.45. The van der Waals surface area contributed by atoms with Gasteiger partial charge in [-0.2, -0.15) is 0 Å². The normalized spacial score (nSPS) is 16.5. The molecule has 3 rings (SSSR count). The minimum Gasteiger partial charge on any atom is -0.337 e. The number of fused-ring (bicyclic) bond motifs is 1. The van der Waals surface area contributed by atoms with Crippen molar-refractivity contribution in [2.45, 2.75) is 25.8 Å². The van der Waals surface area contributed by atoms with Crippen LogP contribution in [0.25, 0.3) is 0 Å². The van der Waals surface area contributed by atoms with Gasteiger partial charge in [-0.05, 0) is 36.8 Å². The number of likely N-dealkylation sites (N-methyl/N-ethyl adjacent to an activating group) is 1. The Balaban J connectivity index is 1.86. The molecule has 0 radical (unpaired) electrons. The summed E-state index contributed by atoms with van der Waals surface area (Å²) in [6.45, 7) is 2.85. The minimum atomic E-state index is -0.593. The third kappa shape index (κ3) is 3.44. The van der Waals surface area contributed by atoms with E-state index >= 15 is 0 Å². The molecule has 1 unspecified atom stereocenters. The second-order valence-electron chi connectivity index (χ2n) is 5.59. The predicted octanol–water partition coefficient (Wildman–Crippen LogP) is 4.02. The lowest BCUT2D eigenvalue weighted by atomic mass is 9.89. The Morgan fingerprint density at radius 2 is 2.21 bits per heavy atom. The van der Waals surface area contributed by atoms with Crippen molar-refractivity contribution < 1.29 is 14.0 Å². The van der Waals surface area contributed by atoms with Crippen molar-refractivity contribution in [1.82, 2.24) is 4.90 Å². The highest BCUT2D eigenvalue weighted by Gasteiger charge is 2.33. The number of carbonyl (C=O) groups excluding carboxylic acids is 2. The molecular formula is C17H16ClFN2O2S. The molecule has 7 heteroatoms. The van der Waals surface area contributed by atoms with Crippen molar-refractivity contribution >= 4 is 40.4 Å². The highest BCUT2D eigenvalue weighted by molar-refractivity contribution is 7.16. The number of thiophene rings is 1. The Morgan fingerprint density at radius 1 is 1.42 bits per heavy atom. The van der Waals surface area contributed by atoms with Crippen LogP contribution in [0.4, 0.5) is 10.1 Å². The summed E-state index contributed by atoms with van der Waals surface area (Å²) in [6, 6.07) is 7.82. The van der Waals surface area contributed by atoms with Gasteiger partial charge in [0.2, 0.25) is 11.8 Å². The summed E-state index contributed by atoms with van der Waals surface area (Å²) in [5, 5.41) is 2.63. The highest BCUT2D eigenvalue weighted by Crippen LogP contribution is 2.34. The van der Waals surface area contributed by atoms with Crippen LogP contribution < -0.4 is 5.32 Å². The number of carbonyl (C=O) groups is 2. The Hall–Kier alpha value is -1.92. The molecule has 1 aromatic carbocycles. The minimum absolute atomic E-state index is 0.0686. The lowest BCUT2D eigenvalue weighted by Gasteiger charge is -2.30. The number of nitrogens with one attached hydrogen (secondary N) is 1. The largest absolute Gasteiger partial charge is 0.337 e. The molecule has 1 N–H and O–H groups in total. The van der Waals surface area contributed by atoms with Crippen molar-refractivity contribution in [3.05, 3.63) is 50.9 Å². The highest BCUT2D eigenvalue weighted by atomic mass is 35.5. The quantitative estimate of drug-likeness (QED) is 0.888. The molecule has 4 nitrogen and oxygen atoms in total. The van der Waals surface area contributed by atoms with Crippen LogP contribution in [-0.4, -0.2) is 23.3 Å². The van der Waals surface area contributed by atoms with Gasteiger partial charge in [0.05, 0.1) is 16.8 Å². The number of rotatable bonds is 4. The number of amides is 2. The van der Waals surface area contributed by atoms with E-state index in [0.717, 1.165) is 4.88 Å². The fourth-order valence-corrected chi connectivity index (χ4v) is 3.95. The maximum atomic E-state index is 13.4. The van der Waals surface area contributed by atoms with Gasteiger partial charge in [0.15, 0.2) is 0 Å². The van der Waals surface area contributed by atoms with E-state index in [1.165, 1.54) is 23.5 Å². The van der Waals surface area contributed by atoms with Crippen LogP contribution in [0.1, 0.15) is 29.7 Å². The van der Waals surface area contributed by atoms with Gasteiger partial charge >= 0.3 is 0 Å². The number of hydrogen-bond acceptors (Lipinski definition) is 3. The van der Waals surface area contributed by atoms with Crippen LogP contribution in [0, 0.1) is 5.82 Å². The van der Waals surface area contributed by atoms with Gasteiger partial charge in [-0.3, -0.25) is 9.59 Å². The molecule has 1 aromatic heterocycles. The molecule has 0 spiro atoms. The lowest BCUT2D eigenvalue weighted by molar-refractivity contribution is -0.135. The predicted molar refractivity (Wildman–Crippen MR) is 92.8 cm³/mol. The van der Waals surface area contributed by atoms with E-state index in [4.69, 9.17) is 11.6 Å². The van der Waals surface area contributed by atoms with Crippen LogP contribution in [-0.2, 0) is 16.1 Å². The number of halogens is 2. The first-order chi connectivity index (χ1) is 11.5. The first-order valence-corrected chi connectivity index (χ1v) is 8.79.